The lowest BCUT2D eigenvalue weighted by atomic mass is 9.95. The lowest BCUT2D eigenvalue weighted by Gasteiger charge is -2.30. The number of amides is 1. The molecule has 3 saturated heterocycles. The Morgan fingerprint density at radius 2 is 2.15 bits per heavy atom. The summed E-state index contributed by atoms with van der Waals surface area (Å²) in [6.07, 6.45) is 3.65. The highest BCUT2D eigenvalue weighted by molar-refractivity contribution is 7.23. The van der Waals surface area contributed by atoms with Gasteiger partial charge in [0.25, 0.3) is 0 Å². The van der Waals surface area contributed by atoms with Crippen molar-refractivity contribution in [1.82, 2.24) is 24.8 Å². The number of halogens is 3. The van der Waals surface area contributed by atoms with Crippen LogP contribution < -0.4 is 15.2 Å². The van der Waals surface area contributed by atoms with Gasteiger partial charge in [0.2, 0.25) is 11.8 Å². The minimum Gasteiger partial charge on any atom is -0.471 e. The third kappa shape index (κ3) is 4.80. The molecular weight excluding hydrogens is 619 g/mol. The first kappa shape index (κ1) is 30.2. The van der Waals surface area contributed by atoms with Crippen LogP contribution in [0.3, 0.4) is 0 Å². The van der Waals surface area contributed by atoms with E-state index in [0.29, 0.717) is 25.9 Å². The molecule has 4 unspecified atom stereocenters. The van der Waals surface area contributed by atoms with Crippen LogP contribution in [-0.2, 0) is 4.79 Å². The van der Waals surface area contributed by atoms with Crippen molar-refractivity contribution in [1.29, 1.82) is 5.26 Å². The number of carbonyl (C=O) groups is 1. The van der Waals surface area contributed by atoms with E-state index in [2.05, 4.69) is 26.4 Å². The van der Waals surface area contributed by atoms with Crippen LogP contribution in [0, 0.1) is 23.0 Å². The monoisotopic (exact) mass is 649 g/mol. The van der Waals surface area contributed by atoms with Crippen LogP contribution in [0.1, 0.15) is 38.2 Å². The maximum Gasteiger partial charge on any atom is 0.320 e. The highest BCUT2D eigenvalue weighted by atomic mass is 32.1. The number of nitriles is 1. The summed E-state index contributed by atoms with van der Waals surface area (Å²) in [5.74, 6) is -1.67. The van der Waals surface area contributed by atoms with Crippen LogP contribution in [0.25, 0.3) is 32.2 Å². The molecule has 3 aromatic heterocycles. The fourth-order valence-electron chi connectivity index (χ4n) is 7.14. The summed E-state index contributed by atoms with van der Waals surface area (Å²) in [6.45, 7) is 7.07. The number of benzene rings is 1. The SMILES string of the molecule is C=CC(=O)N1CCC(Oc2nc(OCC34CCCN3CC(F)C4)nc3c(F)c(-c4ccc(F)c5sc(N)c(C#N)c45)ncc23)C1C. The van der Waals surface area contributed by atoms with Gasteiger partial charge in [-0.3, -0.25) is 14.7 Å². The van der Waals surface area contributed by atoms with Crippen molar-refractivity contribution in [3.8, 4) is 29.2 Å². The van der Waals surface area contributed by atoms with Gasteiger partial charge in [-0.05, 0) is 44.5 Å². The predicted octanol–water partition coefficient (Wildman–Crippen LogP) is 5.15. The number of nitrogens with two attached hydrogens (primary N) is 1. The molecule has 3 aliphatic rings. The Balaban J connectivity index is 1.33. The standard InChI is InChI=1S/C32H30F3N7O3S/c1-3-23(43)42-10-7-22(16(42)2)45-30-20-13-38-26(18-5-6-21(34)28-24(18)19(12-36)29(37)46-28)25(35)27(20)39-31(40-30)44-15-32-8-4-9-41(32)14-17(33)11-32/h3,5-6,13,16-17,22H,1,4,7-11,14-15,37H2,2H3. The van der Waals surface area contributed by atoms with E-state index in [1.807, 2.05) is 13.0 Å². The summed E-state index contributed by atoms with van der Waals surface area (Å²) in [7, 11) is 0. The number of ether oxygens (including phenoxy) is 2. The van der Waals surface area contributed by atoms with Gasteiger partial charge >= 0.3 is 6.01 Å². The number of hydrogen-bond acceptors (Lipinski definition) is 10. The molecule has 1 aromatic carbocycles. The second-order valence-electron chi connectivity index (χ2n) is 12.0. The molecule has 46 heavy (non-hydrogen) atoms. The van der Waals surface area contributed by atoms with Gasteiger partial charge in [0.15, 0.2) is 5.82 Å². The molecule has 1 amide bonds. The molecule has 4 atom stereocenters. The zero-order valence-corrected chi connectivity index (χ0v) is 25.7. The van der Waals surface area contributed by atoms with Crippen LogP contribution in [-0.4, -0.2) is 80.8 Å². The van der Waals surface area contributed by atoms with Gasteiger partial charge in [0.1, 0.15) is 47.0 Å². The number of thiophene rings is 1. The number of aromatic nitrogens is 3. The normalized spacial score (nSPS) is 24.4. The number of likely N-dealkylation sites (tertiary alicyclic amines) is 1. The number of nitrogens with zero attached hydrogens (tertiary/aromatic N) is 6. The molecular formula is C32H30F3N7O3S. The fraction of sp³-hybridized carbons (Fsp3) is 0.406. The third-order valence-electron chi connectivity index (χ3n) is 9.45. The van der Waals surface area contributed by atoms with E-state index in [1.165, 1.54) is 24.4 Å². The van der Waals surface area contributed by atoms with Crippen molar-refractivity contribution in [2.24, 2.45) is 0 Å². The highest BCUT2D eigenvalue weighted by Crippen LogP contribution is 2.43. The number of anilines is 1. The zero-order valence-electron chi connectivity index (χ0n) is 24.9. The Labute approximate surface area is 266 Å². The Bertz CT molecular complexity index is 1950. The van der Waals surface area contributed by atoms with Crippen LogP contribution in [0.5, 0.6) is 11.9 Å². The number of carbonyl (C=O) groups excluding carboxylic acids is 1. The summed E-state index contributed by atoms with van der Waals surface area (Å²) < 4.78 is 58.3. The van der Waals surface area contributed by atoms with Crippen LogP contribution in [0.15, 0.2) is 31.0 Å². The Kier molecular flexibility index (Phi) is 7.48. The van der Waals surface area contributed by atoms with Crippen LogP contribution in [0.4, 0.5) is 18.2 Å². The first-order chi connectivity index (χ1) is 22.1. The average Bonchev–Trinajstić information content (AvgIpc) is 3.78. The van der Waals surface area contributed by atoms with Crippen molar-refractivity contribution in [3.05, 3.63) is 48.2 Å². The van der Waals surface area contributed by atoms with E-state index in [1.54, 1.807) is 4.90 Å². The van der Waals surface area contributed by atoms with Crippen molar-refractivity contribution < 1.29 is 27.4 Å². The average molecular weight is 650 g/mol. The quantitative estimate of drug-likeness (QED) is 0.270. The second kappa shape index (κ2) is 11.4. The summed E-state index contributed by atoms with van der Waals surface area (Å²) in [6, 6.07) is 4.03. The minimum atomic E-state index is -0.964. The van der Waals surface area contributed by atoms with E-state index < -0.39 is 29.4 Å². The molecule has 0 aliphatic carbocycles. The zero-order chi connectivity index (χ0) is 32.3. The van der Waals surface area contributed by atoms with E-state index in [4.69, 9.17) is 15.2 Å². The molecule has 10 nitrogen and oxygen atoms in total. The Morgan fingerprint density at radius 1 is 1.33 bits per heavy atom. The van der Waals surface area contributed by atoms with Crippen LogP contribution in [0.2, 0.25) is 0 Å². The summed E-state index contributed by atoms with van der Waals surface area (Å²) >= 11 is 0.900. The van der Waals surface area contributed by atoms with Crippen LogP contribution >= 0.6 is 11.3 Å². The van der Waals surface area contributed by atoms with Crippen molar-refractivity contribution in [2.75, 3.05) is 32.0 Å². The summed E-state index contributed by atoms with van der Waals surface area (Å²) in [5, 5.41) is 10.2. The predicted molar refractivity (Wildman–Crippen MR) is 166 cm³/mol. The number of hydrogen-bond donors (Lipinski definition) is 1. The number of nitrogen functional groups attached to an aromatic ring is 1. The molecule has 2 N–H and O–H groups in total. The molecule has 3 fully saturated rings. The van der Waals surface area contributed by atoms with Gasteiger partial charge in [-0.15, -0.1) is 11.3 Å². The van der Waals surface area contributed by atoms with E-state index in [9.17, 15) is 18.8 Å². The molecule has 4 aromatic rings. The third-order valence-corrected chi connectivity index (χ3v) is 10.5. The Morgan fingerprint density at radius 3 is 2.93 bits per heavy atom. The first-order valence-corrected chi connectivity index (χ1v) is 15.8. The molecule has 0 radical (unpaired) electrons. The molecule has 0 saturated carbocycles. The number of fused-ring (bicyclic) bond motifs is 3. The molecule has 14 heteroatoms. The maximum absolute atomic E-state index is 16.6. The van der Waals surface area contributed by atoms with E-state index >= 15 is 4.39 Å². The lowest BCUT2D eigenvalue weighted by molar-refractivity contribution is -0.127. The van der Waals surface area contributed by atoms with E-state index in [0.717, 1.165) is 30.7 Å². The molecule has 7 rings (SSSR count). The van der Waals surface area contributed by atoms with Gasteiger partial charge < -0.3 is 20.1 Å². The van der Waals surface area contributed by atoms with Crippen molar-refractivity contribution in [3.63, 3.8) is 0 Å². The lowest BCUT2D eigenvalue weighted by Crippen LogP contribution is -2.43. The molecule has 3 aliphatic heterocycles. The maximum atomic E-state index is 16.6. The molecule has 238 valence electrons. The van der Waals surface area contributed by atoms with Gasteiger partial charge in [-0.25, -0.2) is 13.2 Å². The largest absolute Gasteiger partial charge is 0.471 e. The van der Waals surface area contributed by atoms with Gasteiger partial charge in [0, 0.05) is 43.1 Å². The molecule has 6 heterocycles. The van der Waals surface area contributed by atoms with Crippen molar-refractivity contribution in [2.45, 2.75) is 56.5 Å². The molecule has 0 bridgehead atoms. The van der Waals surface area contributed by atoms with E-state index in [-0.39, 0.29) is 73.3 Å². The summed E-state index contributed by atoms with van der Waals surface area (Å²) in [4.78, 5) is 29.4. The minimum absolute atomic E-state index is 0.0139. The smallest absolute Gasteiger partial charge is 0.320 e. The molecule has 0 spiro atoms. The second-order valence-corrected chi connectivity index (χ2v) is 13.1. The van der Waals surface area contributed by atoms with Crippen molar-refractivity contribution >= 4 is 43.2 Å². The van der Waals surface area contributed by atoms with Gasteiger partial charge in [-0.2, -0.15) is 15.2 Å². The number of rotatable bonds is 7. The Hall–Kier alpha value is -4.48. The van der Waals surface area contributed by atoms with Gasteiger partial charge in [0.05, 0.1) is 27.2 Å². The van der Waals surface area contributed by atoms with Gasteiger partial charge in [-0.1, -0.05) is 6.58 Å². The number of alkyl halides is 1. The highest BCUT2D eigenvalue weighted by Gasteiger charge is 2.49. The summed E-state index contributed by atoms with van der Waals surface area (Å²) in [5.41, 5.74) is 5.38. The topological polar surface area (TPSA) is 130 Å². The fourth-order valence-corrected chi connectivity index (χ4v) is 8.09. The first-order valence-electron chi connectivity index (χ1n) is 15.0. The number of pyridine rings is 1.